The molecule has 2 aromatic heterocycles. The largest absolute Gasteiger partial charge is 0.468 e. The molecule has 0 N–H and O–H groups in total. The Bertz CT molecular complexity index is 729. The summed E-state index contributed by atoms with van der Waals surface area (Å²) in [7, 11) is 0. The zero-order valence-corrected chi connectivity index (χ0v) is 13.8. The minimum absolute atomic E-state index is 0.385. The number of halogens is 3. The summed E-state index contributed by atoms with van der Waals surface area (Å²) < 4.78 is 43.3. The van der Waals surface area contributed by atoms with Crippen LogP contribution in [0, 0.1) is 18.8 Å². The molecular formula is C17H19F3N4O. The number of aryl methyl sites for hydroxylation is 1. The number of nitrogens with zero attached hydrogens (tertiary/aromatic N) is 4. The molecule has 2 aliphatic rings. The Morgan fingerprint density at radius 1 is 1.12 bits per heavy atom. The molecule has 2 atom stereocenters. The predicted molar refractivity (Wildman–Crippen MR) is 84.9 cm³/mol. The van der Waals surface area contributed by atoms with E-state index in [9.17, 15) is 13.2 Å². The Morgan fingerprint density at radius 3 is 2.28 bits per heavy atom. The Morgan fingerprint density at radius 2 is 1.76 bits per heavy atom. The summed E-state index contributed by atoms with van der Waals surface area (Å²) in [6.45, 7) is 6.33. The molecule has 0 spiro atoms. The van der Waals surface area contributed by atoms with E-state index in [2.05, 4.69) is 14.9 Å². The van der Waals surface area contributed by atoms with E-state index in [1.165, 1.54) is 0 Å². The standard InChI is InChI=1S/C17H19F3N4O/c1-11-2-3-25-15(11)10-23-6-12-8-24(9-13(12)7-23)16-21-4-14(5-22-16)17(18,19)20/h2-5,12-13H,6-10H2,1H3. The second kappa shape index (κ2) is 6.01. The number of fused-ring (bicyclic) bond motifs is 1. The maximum Gasteiger partial charge on any atom is 0.419 e. The molecular weight excluding hydrogens is 333 g/mol. The summed E-state index contributed by atoms with van der Waals surface area (Å²) >= 11 is 0. The molecule has 0 amide bonds. The number of hydrogen-bond donors (Lipinski definition) is 0. The third-order valence-corrected chi connectivity index (χ3v) is 5.15. The van der Waals surface area contributed by atoms with Crippen molar-refractivity contribution in [3.8, 4) is 0 Å². The van der Waals surface area contributed by atoms with Crippen molar-refractivity contribution < 1.29 is 17.6 Å². The first-order valence-electron chi connectivity index (χ1n) is 8.29. The normalized spacial score (nSPS) is 24.1. The number of rotatable bonds is 3. The van der Waals surface area contributed by atoms with Gasteiger partial charge in [-0.25, -0.2) is 9.97 Å². The molecule has 2 fully saturated rings. The summed E-state index contributed by atoms with van der Waals surface area (Å²) in [5, 5.41) is 0. The lowest BCUT2D eigenvalue weighted by Crippen LogP contribution is -2.29. The van der Waals surface area contributed by atoms with Crippen molar-refractivity contribution in [2.45, 2.75) is 19.6 Å². The van der Waals surface area contributed by atoms with Gasteiger partial charge in [0.1, 0.15) is 5.76 Å². The minimum atomic E-state index is -4.40. The SMILES string of the molecule is Cc1ccoc1CN1CC2CN(c3ncc(C(F)(F)F)cn3)CC2C1. The van der Waals surface area contributed by atoms with E-state index >= 15 is 0 Å². The topological polar surface area (TPSA) is 45.4 Å². The van der Waals surface area contributed by atoms with Crippen LogP contribution in [0.3, 0.4) is 0 Å². The minimum Gasteiger partial charge on any atom is -0.468 e. The van der Waals surface area contributed by atoms with Gasteiger partial charge in [-0.2, -0.15) is 13.2 Å². The number of aromatic nitrogens is 2. The second-order valence-electron chi connectivity index (χ2n) is 6.92. The van der Waals surface area contributed by atoms with Crippen molar-refractivity contribution in [1.29, 1.82) is 0 Å². The summed E-state index contributed by atoms with van der Waals surface area (Å²) in [6.07, 6.45) is -0.958. The van der Waals surface area contributed by atoms with Gasteiger partial charge in [0.2, 0.25) is 5.95 Å². The van der Waals surface area contributed by atoms with Gasteiger partial charge in [-0.05, 0) is 30.4 Å². The van der Waals surface area contributed by atoms with E-state index in [1.807, 2.05) is 17.9 Å². The summed E-state index contributed by atoms with van der Waals surface area (Å²) in [6, 6.07) is 1.97. The molecule has 5 nitrogen and oxygen atoms in total. The van der Waals surface area contributed by atoms with Crippen molar-refractivity contribution >= 4 is 5.95 Å². The van der Waals surface area contributed by atoms with E-state index in [0.717, 1.165) is 56.4 Å². The van der Waals surface area contributed by atoms with Gasteiger partial charge in [-0.3, -0.25) is 4.90 Å². The summed E-state index contributed by atoms with van der Waals surface area (Å²) in [5.41, 5.74) is 0.354. The smallest absolute Gasteiger partial charge is 0.419 e. The molecule has 0 saturated carbocycles. The van der Waals surface area contributed by atoms with Crippen molar-refractivity contribution in [2.24, 2.45) is 11.8 Å². The van der Waals surface area contributed by atoms with Crippen molar-refractivity contribution in [3.63, 3.8) is 0 Å². The fourth-order valence-corrected chi connectivity index (χ4v) is 3.78. The number of furan rings is 1. The highest BCUT2D eigenvalue weighted by Gasteiger charge is 2.41. The number of hydrogen-bond acceptors (Lipinski definition) is 5. The lowest BCUT2D eigenvalue weighted by molar-refractivity contribution is -0.138. The maximum absolute atomic E-state index is 12.6. The lowest BCUT2D eigenvalue weighted by Gasteiger charge is -2.21. The highest BCUT2D eigenvalue weighted by Crippen LogP contribution is 2.34. The van der Waals surface area contributed by atoms with Crippen LogP contribution < -0.4 is 4.90 Å². The highest BCUT2D eigenvalue weighted by atomic mass is 19.4. The molecule has 4 rings (SSSR count). The van der Waals surface area contributed by atoms with Gasteiger partial charge in [0.25, 0.3) is 0 Å². The van der Waals surface area contributed by atoms with Crippen LogP contribution >= 0.6 is 0 Å². The van der Waals surface area contributed by atoms with Gasteiger partial charge < -0.3 is 9.32 Å². The zero-order valence-electron chi connectivity index (χ0n) is 13.8. The second-order valence-corrected chi connectivity index (χ2v) is 6.92. The number of alkyl halides is 3. The molecule has 25 heavy (non-hydrogen) atoms. The monoisotopic (exact) mass is 352 g/mol. The van der Waals surface area contributed by atoms with Gasteiger partial charge >= 0.3 is 6.18 Å². The fourth-order valence-electron chi connectivity index (χ4n) is 3.78. The molecule has 0 aromatic carbocycles. The maximum atomic E-state index is 12.6. The molecule has 134 valence electrons. The molecule has 8 heteroatoms. The first-order chi connectivity index (χ1) is 11.9. The van der Waals surface area contributed by atoms with Gasteiger partial charge in [-0.1, -0.05) is 0 Å². The Labute approximate surface area is 143 Å². The van der Waals surface area contributed by atoms with Crippen LogP contribution in [0.15, 0.2) is 29.1 Å². The summed E-state index contributed by atoms with van der Waals surface area (Å²) in [4.78, 5) is 12.2. The van der Waals surface area contributed by atoms with E-state index in [1.54, 1.807) is 6.26 Å². The third kappa shape index (κ3) is 3.22. The van der Waals surface area contributed by atoms with Crippen LogP contribution in [-0.4, -0.2) is 41.0 Å². The molecule has 0 aliphatic carbocycles. The average molecular weight is 352 g/mol. The van der Waals surface area contributed by atoms with E-state index in [0.29, 0.717) is 17.8 Å². The Kier molecular flexibility index (Phi) is 3.94. The van der Waals surface area contributed by atoms with Gasteiger partial charge in [0.15, 0.2) is 0 Å². The van der Waals surface area contributed by atoms with Crippen LogP contribution in [0.4, 0.5) is 19.1 Å². The van der Waals surface area contributed by atoms with Crippen LogP contribution in [0.1, 0.15) is 16.9 Å². The van der Waals surface area contributed by atoms with E-state index in [4.69, 9.17) is 4.42 Å². The third-order valence-electron chi connectivity index (χ3n) is 5.15. The molecule has 2 unspecified atom stereocenters. The lowest BCUT2D eigenvalue weighted by atomic mass is 10.0. The zero-order chi connectivity index (χ0) is 17.6. The van der Waals surface area contributed by atoms with Crippen molar-refractivity contribution in [3.05, 3.63) is 41.6 Å². The van der Waals surface area contributed by atoms with Crippen molar-refractivity contribution in [2.75, 3.05) is 31.1 Å². The fraction of sp³-hybridized carbons (Fsp3) is 0.529. The Balaban J connectivity index is 1.37. The Hall–Kier alpha value is -2.09. The van der Waals surface area contributed by atoms with Crippen LogP contribution in [0.5, 0.6) is 0 Å². The molecule has 4 heterocycles. The number of anilines is 1. The van der Waals surface area contributed by atoms with E-state index in [-0.39, 0.29) is 0 Å². The predicted octanol–water partition coefficient (Wildman–Crippen LogP) is 2.97. The molecule has 0 bridgehead atoms. The molecule has 2 aliphatic heterocycles. The molecule has 0 radical (unpaired) electrons. The van der Waals surface area contributed by atoms with Crippen molar-refractivity contribution in [1.82, 2.24) is 14.9 Å². The first-order valence-corrected chi connectivity index (χ1v) is 8.29. The van der Waals surface area contributed by atoms with Gasteiger partial charge in [0, 0.05) is 38.6 Å². The number of likely N-dealkylation sites (tertiary alicyclic amines) is 1. The van der Waals surface area contributed by atoms with E-state index < -0.39 is 11.7 Å². The van der Waals surface area contributed by atoms with Crippen LogP contribution in [-0.2, 0) is 12.7 Å². The van der Waals surface area contributed by atoms with Crippen LogP contribution in [0.2, 0.25) is 0 Å². The quantitative estimate of drug-likeness (QED) is 0.850. The average Bonchev–Trinajstić information content (AvgIpc) is 3.22. The first kappa shape index (κ1) is 16.4. The summed E-state index contributed by atoms with van der Waals surface area (Å²) in [5.74, 6) is 2.36. The molecule has 2 saturated heterocycles. The van der Waals surface area contributed by atoms with Gasteiger partial charge in [-0.15, -0.1) is 0 Å². The highest BCUT2D eigenvalue weighted by molar-refractivity contribution is 5.33. The van der Waals surface area contributed by atoms with Gasteiger partial charge in [0.05, 0.1) is 18.4 Å². The van der Waals surface area contributed by atoms with Crippen LogP contribution in [0.25, 0.3) is 0 Å². The molecule has 2 aromatic rings.